The largest absolute Gasteiger partial charge is 0.490 e. The number of hydrogen-bond donors (Lipinski definition) is 2. The topological polar surface area (TPSA) is 53.4 Å². The maximum absolute atomic E-state index is 9.50. The fourth-order valence-corrected chi connectivity index (χ4v) is 4.63. The fourth-order valence-electron chi connectivity index (χ4n) is 3.45. The van der Waals surface area contributed by atoms with Gasteiger partial charge in [0.1, 0.15) is 4.83 Å². The molecule has 114 valence electrons. The number of nitrogens with zero attached hydrogens (tertiary/aromatic N) is 1. The molecule has 0 aliphatic rings. The smallest absolute Gasteiger partial charge is 0.423 e. The van der Waals surface area contributed by atoms with Crippen LogP contribution in [-0.2, 0) is 0 Å². The third-order valence-electron chi connectivity index (χ3n) is 4.52. The van der Waals surface area contributed by atoms with Crippen molar-refractivity contribution in [2.24, 2.45) is 0 Å². The Balaban J connectivity index is 2.11. The van der Waals surface area contributed by atoms with Gasteiger partial charge in [-0.3, -0.25) is 0 Å². The molecule has 0 bridgehead atoms. The summed E-state index contributed by atoms with van der Waals surface area (Å²) < 4.78 is 1.19. The van der Waals surface area contributed by atoms with Crippen molar-refractivity contribution < 1.29 is 10.0 Å². The lowest BCUT2D eigenvalue weighted by molar-refractivity contribution is 0.425. The highest BCUT2D eigenvalue weighted by molar-refractivity contribution is 7.26. The van der Waals surface area contributed by atoms with Crippen LogP contribution in [0.3, 0.4) is 0 Å². The van der Waals surface area contributed by atoms with Gasteiger partial charge in [0.15, 0.2) is 0 Å². The van der Waals surface area contributed by atoms with E-state index >= 15 is 0 Å². The van der Waals surface area contributed by atoms with Crippen LogP contribution in [0.15, 0.2) is 60.8 Å². The van der Waals surface area contributed by atoms with Crippen LogP contribution in [0.1, 0.15) is 0 Å². The molecule has 0 aliphatic heterocycles. The second kappa shape index (κ2) is 5.01. The van der Waals surface area contributed by atoms with Crippen LogP contribution >= 0.6 is 11.3 Å². The lowest BCUT2D eigenvalue weighted by Crippen LogP contribution is -2.29. The Morgan fingerprint density at radius 3 is 2.12 bits per heavy atom. The van der Waals surface area contributed by atoms with Gasteiger partial charge in [-0.2, -0.15) is 0 Å². The predicted octanol–water partition coefficient (Wildman–Crippen LogP) is 3.44. The highest BCUT2D eigenvalue weighted by atomic mass is 32.1. The van der Waals surface area contributed by atoms with E-state index in [1.807, 2.05) is 12.1 Å². The summed E-state index contributed by atoms with van der Waals surface area (Å²) in [6, 6.07) is 18.6. The van der Waals surface area contributed by atoms with E-state index in [0.29, 0.717) is 5.46 Å². The van der Waals surface area contributed by atoms with E-state index in [4.69, 9.17) is 0 Å². The minimum atomic E-state index is -1.51. The standard InChI is InChI=1S/C19H12BNO2S/c22-20(23)11-9-16-17-14-7-3-1-5-12(14)13-6-2-4-8-15(13)18(17)24-19(16)21-10-11/h1-10,22-23H. The van der Waals surface area contributed by atoms with Crippen LogP contribution in [0.5, 0.6) is 0 Å². The molecule has 0 fully saturated rings. The number of aromatic nitrogens is 1. The van der Waals surface area contributed by atoms with Gasteiger partial charge in [-0.25, -0.2) is 4.98 Å². The van der Waals surface area contributed by atoms with Gasteiger partial charge < -0.3 is 10.0 Å². The third kappa shape index (κ3) is 1.83. The van der Waals surface area contributed by atoms with E-state index in [9.17, 15) is 10.0 Å². The second-order valence-corrected chi connectivity index (χ2v) is 6.89. The molecule has 0 atom stereocenters. The molecule has 5 aromatic rings. The van der Waals surface area contributed by atoms with E-state index < -0.39 is 7.12 Å². The van der Waals surface area contributed by atoms with Gasteiger partial charge in [0, 0.05) is 32.5 Å². The van der Waals surface area contributed by atoms with Gasteiger partial charge in [-0.1, -0.05) is 48.5 Å². The van der Waals surface area contributed by atoms with E-state index in [0.717, 1.165) is 15.6 Å². The first kappa shape index (κ1) is 13.9. The first-order chi connectivity index (χ1) is 11.7. The van der Waals surface area contributed by atoms with Crippen LogP contribution in [0.25, 0.3) is 41.8 Å². The summed E-state index contributed by atoms with van der Waals surface area (Å²) in [5, 5.41) is 25.9. The first-order valence-electron chi connectivity index (χ1n) is 7.72. The lowest BCUT2D eigenvalue weighted by atomic mass is 9.81. The molecule has 0 radical (unpaired) electrons. The number of thiophene rings is 1. The first-order valence-corrected chi connectivity index (χ1v) is 8.53. The van der Waals surface area contributed by atoms with Crippen molar-refractivity contribution in [3.63, 3.8) is 0 Å². The summed E-state index contributed by atoms with van der Waals surface area (Å²) in [5.41, 5.74) is 0.416. The Morgan fingerprint density at radius 2 is 1.42 bits per heavy atom. The second-order valence-electron chi connectivity index (χ2n) is 5.89. The van der Waals surface area contributed by atoms with Gasteiger partial charge in [0.05, 0.1) is 0 Å². The van der Waals surface area contributed by atoms with Crippen molar-refractivity contribution >= 4 is 65.8 Å². The summed E-state index contributed by atoms with van der Waals surface area (Å²) in [4.78, 5) is 5.36. The molecule has 24 heavy (non-hydrogen) atoms. The van der Waals surface area contributed by atoms with Crippen molar-refractivity contribution in [1.82, 2.24) is 4.98 Å². The van der Waals surface area contributed by atoms with Crippen LogP contribution in [0, 0.1) is 0 Å². The molecule has 5 rings (SSSR count). The average molecular weight is 329 g/mol. The zero-order chi connectivity index (χ0) is 16.3. The molecular weight excluding hydrogens is 317 g/mol. The Morgan fingerprint density at radius 1 is 0.792 bits per heavy atom. The molecule has 0 amide bonds. The van der Waals surface area contributed by atoms with Crippen LogP contribution < -0.4 is 5.46 Å². The number of pyridine rings is 1. The fraction of sp³-hybridized carbons (Fsp3) is 0. The van der Waals surface area contributed by atoms with E-state index in [1.54, 1.807) is 11.3 Å². The van der Waals surface area contributed by atoms with Crippen LogP contribution in [-0.4, -0.2) is 22.2 Å². The molecule has 5 heteroatoms. The minimum absolute atomic E-state index is 0.416. The van der Waals surface area contributed by atoms with Gasteiger partial charge in [0.2, 0.25) is 0 Å². The molecule has 0 spiro atoms. The number of rotatable bonds is 1. The average Bonchev–Trinajstić information content (AvgIpc) is 3.01. The SMILES string of the molecule is OB(O)c1cnc2sc3c4ccccc4c4ccccc4c3c2c1. The lowest BCUT2D eigenvalue weighted by Gasteiger charge is -2.07. The van der Waals surface area contributed by atoms with Gasteiger partial charge in [0.25, 0.3) is 0 Å². The van der Waals surface area contributed by atoms with E-state index in [2.05, 4.69) is 47.4 Å². The van der Waals surface area contributed by atoms with Crippen molar-refractivity contribution in [2.75, 3.05) is 0 Å². The Kier molecular flexibility index (Phi) is 2.91. The molecule has 0 saturated carbocycles. The Bertz CT molecular complexity index is 1250. The quantitative estimate of drug-likeness (QED) is 0.366. The molecule has 2 N–H and O–H groups in total. The monoisotopic (exact) mass is 329 g/mol. The van der Waals surface area contributed by atoms with Crippen molar-refractivity contribution in [1.29, 1.82) is 0 Å². The summed E-state index contributed by atoms with van der Waals surface area (Å²) in [7, 11) is -1.51. The van der Waals surface area contributed by atoms with Gasteiger partial charge in [-0.05, 0) is 22.2 Å². The maximum atomic E-state index is 9.50. The van der Waals surface area contributed by atoms with E-state index in [-0.39, 0.29) is 0 Å². The highest BCUT2D eigenvalue weighted by Crippen LogP contribution is 2.42. The molecule has 0 unspecified atom stereocenters. The predicted molar refractivity (Wildman–Crippen MR) is 102 cm³/mol. The molecule has 0 aliphatic carbocycles. The Hall–Kier alpha value is -2.47. The van der Waals surface area contributed by atoms with Crippen LogP contribution in [0.2, 0.25) is 0 Å². The zero-order valence-corrected chi connectivity index (χ0v) is 13.4. The number of fused-ring (bicyclic) bond motifs is 8. The molecular formula is C19H12BNO2S. The van der Waals surface area contributed by atoms with Crippen molar-refractivity contribution in [3.05, 3.63) is 60.8 Å². The minimum Gasteiger partial charge on any atom is -0.423 e. The normalized spacial score (nSPS) is 11.8. The van der Waals surface area contributed by atoms with Gasteiger partial charge in [-0.15, -0.1) is 11.3 Å². The zero-order valence-electron chi connectivity index (χ0n) is 12.6. The molecule has 0 saturated heterocycles. The third-order valence-corrected chi connectivity index (χ3v) is 5.67. The number of hydrogen-bond acceptors (Lipinski definition) is 4. The summed E-state index contributed by atoms with van der Waals surface area (Å²) in [6.45, 7) is 0. The molecule has 2 aromatic heterocycles. The Labute approximate surface area is 141 Å². The van der Waals surface area contributed by atoms with Crippen LogP contribution in [0.4, 0.5) is 0 Å². The van der Waals surface area contributed by atoms with E-state index in [1.165, 1.54) is 32.4 Å². The molecule has 3 nitrogen and oxygen atoms in total. The molecule has 2 heterocycles. The molecule has 3 aromatic carbocycles. The maximum Gasteiger partial charge on any atom is 0.490 e. The summed E-state index contributed by atoms with van der Waals surface area (Å²) in [5.74, 6) is 0. The summed E-state index contributed by atoms with van der Waals surface area (Å²) >= 11 is 1.65. The number of benzene rings is 3. The van der Waals surface area contributed by atoms with Crippen molar-refractivity contribution in [2.45, 2.75) is 0 Å². The van der Waals surface area contributed by atoms with Gasteiger partial charge >= 0.3 is 7.12 Å². The summed E-state index contributed by atoms with van der Waals surface area (Å²) in [6.07, 6.45) is 1.53. The highest BCUT2D eigenvalue weighted by Gasteiger charge is 2.17. The van der Waals surface area contributed by atoms with Crippen molar-refractivity contribution in [3.8, 4) is 0 Å².